The van der Waals surface area contributed by atoms with E-state index < -0.39 is 21.4 Å². The minimum absolute atomic E-state index is 0.248. The van der Waals surface area contributed by atoms with Crippen LogP contribution in [0.1, 0.15) is 26.2 Å². The number of hydrogen-bond donors (Lipinski definition) is 0. The zero-order chi connectivity index (χ0) is 21.8. The highest BCUT2D eigenvalue weighted by Crippen LogP contribution is 2.29. The summed E-state index contributed by atoms with van der Waals surface area (Å²) in [6.07, 6.45) is -2.47. The lowest BCUT2D eigenvalue weighted by atomic mass is 10.1. The molecular weight excluding hydrogens is 419 g/mol. The summed E-state index contributed by atoms with van der Waals surface area (Å²) in [5.41, 5.74) is 0. The number of halogens is 3. The molecule has 1 saturated heterocycles. The van der Waals surface area contributed by atoms with E-state index in [1.807, 2.05) is 0 Å². The minimum atomic E-state index is -4.75. The van der Waals surface area contributed by atoms with Gasteiger partial charge in [0.15, 0.2) is 9.84 Å². The first-order valence-corrected chi connectivity index (χ1v) is 11.3. The van der Waals surface area contributed by atoms with E-state index in [9.17, 15) is 21.6 Å². The van der Waals surface area contributed by atoms with Crippen LogP contribution in [-0.4, -0.2) is 44.6 Å². The standard InChI is InChI=1S/C21H24F3NO4S/c1-2-13-25-14-11-20(12-15-25)30(26,27)19-9-7-17(8-10-19)28-16-3-5-18(6-4-16)29-21(22,23)24/h3-10,20H,2,11-15H2,1H3. The van der Waals surface area contributed by atoms with Crippen LogP contribution in [0.25, 0.3) is 0 Å². The van der Waals surface area contributed by atoms with Crippen molar-refractivity contribution in [3.8, 4) is 17.2 Å². The first kappa shape index (κ1) is 22.4. The fourth-order valence-electron chi connectivity index (χ4n) is 3.49. The number of hydrogen-bond acceptors (Lipinski definition) is 5. The lowest BCUT2D eigenvalue weighted by Crippen LogP contribution is -2.39. The SMILES string of the molecule is CCCN1CCC(S(=O)(=O)c2ccc(Oc3ccc(OC(F)(F)F)cc3)cc2)CC1. The summed E-state index contributed by atoms with van der Waals surface area (Å²) in [4.78, 5) is 2.53. The van der Waals surface area contributed by atoms with Gasteiger partial charge in [-0.2, -0.15) is 0 Å². The molecule has 3 rings (SSSR count). The average molecular weight is 443 g/mol. The predicted molar refractivity (Wildman–Crippen MR) is 107 cm³/mol. The van der Waals surface area contributed by atoms with E-state index in [1.54, 1.807) is 12.1 Å². The third kappa shape index (κ3) is 5.89. The van der Waals surface area contributed by atoms with Crippen molar-refractivity contribution >= 4 is 9.84 Å². The van der Waals surface area contributed by atoms with Crippen LogP contribution in [0.5, 0.6) is 17.2 Å². The topological polar surface area (TPSA) is 55.8 Å². The van der Waals surface area contributed by atoms with E-state index in [2.05, 4.69) is 16.6 Å². The molecule has 1 aliphatic heterocycles. The molecule has 1 heterocycles. The zero-order valence-electron chi connectivity index (χ0n) is 16.6. The molecule has 0 bridgehead atoms. The third-order valence-corrected chi connectivity index (χ3v) is 7.24. The molecule has 1 fully saturated rings. The Morgan fingerprint density at radius 1 is 0.933 bits per heavy atom. The smallest absolute Gasteiger partial charge is 0.457 e. The summed E-state index contributed by atoms with van der Waals surface area (Å²) in [7, 11) is -3.42. The Labute approximate surface area is 174 Å². The summed E-state index contributed by atoms with van der Waals surface area (Å²) in [6, 6.07) is 11.1. The lowest BCUT2D eigenvalue weighted by molar-refractivity contribution is -0.274. The zero-order valence-corrected chi connectivity index (χ0v) is 17.4. The molecule has 0 atom stereocenters. The molecule has 0 amide bonds. The minimum Gasteiger partial charge on any atom is -0.457 e. The summed E-state index contributed by atoms with van der Waals surface area (Å²) in [5.74, 6) is 0.348. The number of benzene rings is 2. The Bertz CT molecular complexity index is 920. The van der Waals surface area contributed by atoms with Gasteiger partial charge >= 0.3 is 6.36 Å². The summed E-state index contributed by atoms with van der Waals surface area (Å²) in [5, 5.41) is -0.390. The fraction of sp³-hybridized carbons (Fsp3) is 0.429. The first-order valence-electron chi connectivity index (χ1n) is 9.77. The van der Waals surface area contributed by atoms with Crippen LogP contribution in [0.3, 0.4) is 0 Å². The second-order valence-electron chi connectivity index (χ2n) is 7.18. The van der Waals surface area contributed by atoms with E-state index in [4.69, 9.17) is 4.74 Å². The molecule has 0 aromatic heterocycles. The van der Waals surface area contributed by atoms with Gasteiger partial charge in [-0.05, 0) is 87.4 Å². The highest BCUT2D eigenvalue weighted by molar-refractivity contribution is 7.92. The normalized spacial score (nSPS) is 16.4. The predicted octanol–water partition coefficient (Wildman–Crippen LogP) is 5.03. The fourth-order valence-corrected chi connectivity index (χ4v) is 5.23. The third-order valence-electron chi connectivity index (χ3n) is 4.96. The molecule has 0 spiro atoms. The van der Waals surface area contributed by atoms with Crippen molar-refractivity contribution in [2.75, 3.05) is 19.6 Å². The summed E-state index contributed by atoms with van der Waals surface area (Å²) < 4.78 is 71.8. The highest BCUT2D eigenvalue weighted by atomic mass is 32.2. The largest absolute Gasteiger partial charge is 0.573 e. The van der Waals surface area contributed by atoms with Crippen LogP contribution in [0, 0.1) is 0 Å². The van der Waals surface area contributed by atoms with E-state index >= 15 is 0 Å². The van der Waals surface area contributed by atoms with Crippen LogP contribution in [0.4, 0.5) is 13.2 Å². The van der Waals surface area contributed by atoms with Gasteiger partial charge in [-0.3, -0.25) is 0 Å². The number of ether oxygens (including phenoxy) is 2. The second-order valence-corrected chi connectivity index (χ2v) is 9.41. The quantitative estimate of drug-likeness (QED) is 0.601. The monoisotopic (exact) mass is 443 g/mol. The van der Waals surface area contributed by atoms with Crippen molar-refractivity contribution in [3.63, 3.8) is 0 Å². The van der Waals surface area contributed by atoms with E-state index in [0.717, 1.165) is 38.2 Å². The van der Waals surface area contributed by atoms with Gasteiger partial charge in [0.25, 0.3) is 0 Å². The van der Waals surface area contributed by atoms with Crippen LogP contribution in [-0.2, 0) is 9.84 Å². The number of rotatable bonds is 7. The molecular formula is C21H24F3NO4S. The van der Waals surface area contributed by atoms with Crippen LogP contribution in [0.15, 0.2) is 53.4 Å². The average Bonchev–Trinajstić information content (AvgIpc) is 2.69. The Hall–Kier alpha value is -2.26. The maximum absolute atomic E-state index is 12.9. The van der Waals surface area contributed by atoms with Gasteiger partial charge in [0.1, 0.15) is 17.2 Å². The maximum atomic E-state index is 12.9. The van der Waals surface area contributed by atoms with Gasteiger partial charge in [-0.15, -0.1) is 13.2 Å². The molecule has 9 heteroatoms. The van der Waals surface area contributed by atoms with Gasteiger partial charge in [-0.1, -0.05) is 6.92 Å². The lowest BCUT2D eigenvalue weighted by Gasteiger charge is -2.31. The molecule has 0 N–H and O–H groups in total. The molecule has 2 aromatic rings. The summed E-state index contributed by atoms with van der Waals surface area (Å²) >= 11 is 0. The van der Waals surface area contributed by atoms with Crippen molar-refractivity contribution in [1.29, 1.82) is 0 Å². The number of nitrogens with zero attached hydrogens (tertiary/aromatic N) is 1. The van der Waals surface area contributed by atoms with E-state index in [1.165, 1.54) is 24.3 Å². The second kappa shape index (κ2) is 9.26. The van der Waals surface area contributed by atoms with Crippen molar-refractivity contribution in [2.45, 2.75) is 42.7 Å². The van der Waals surface area contributed by atoms with Gasteiger partial charge in [0.2, 0.25) is 0 Å². The number of alkyl halides is 3. The number of piperidine rings is 1. The summed E-state index contributed by atoms with van der Waals surface area (Å²) in [6.45, 7) is 4.67. The molecule has 164 valence electrons. The maximum Gasteiger partial charge on any atom is 0.573 e. The van der Waals surface area contributed by atoms with Gasteiger partial charge < -0.3 is 14.4 Å². The molecule has 0 aliphatic carbocycles. The Balaban J connectivity index is 1.62. The van der Waals surface area contributed by atoms with Crippen molar-refractivity contribution < 1.29 is 31.1 Å². The van der Waals surface area contributed by atoms with E-state index in [-0.39, 0.29) is 10.6 Å². The number of likely N-dealkylation sites (tertiary alicyclic amines) is 1. The Morgan fingerprint density at radius 3 is 1.93 bits per heavy atom. The van der Waals surface area contributed by atoms with Gasteiger partial charge in [0, 0.05) is 0 Å². The molecule has 5 nitrogen and oxygen atoms in total. The molecule has 0 unspecified atom stereocenters. The first-order chi connectivity index (χ1) is 14.2. The van der Waals surface area contributed by atoms with Crippen molar-refractivity contribution in [3.05, 3.63) is 48.5 Å². The molecule has 0 saturated carbocycles. The van der Waals surface area contributed by atoms with Gasteiger partial charge in [-0.25, -0.2) is 8.42 Å². The molecule has 2 aromatic carbocycles. The molecule has 30 heavy (non-hydrogen) atoms. The number of sulfone groups is 1. The Kier molecular flexibility index (Phi) is 6.92. The van der Waals surface area contributed by atoms with Crippen LogP contribution >= 0.6 is 0 Å². The van der Waals surface area contributed by atoms with E-state index in [0.29, 0.717) is 24.3 Å². The van der Waals surface area contributed by atoms with Gasteiger partial charge in [0.05, 0.1) is 10.1 Å². The van der Waals surface area contributed by atoms with Crippen molar-refractivity contribution in [2.24, 2.45) is 0 Å². The molecule has 1 aliphatic rings. The van der Waals surface area contributed by atoms with Crippen LogP contribution < -0.4 is 9.47 Å². The Morgan fingerprint density at radius 2 is 1.43 bits per heavy atom. The van der Waals surface area contributed by atoms with Crippen molar-refractivity contribution in [1.82, 2.24) is 4.90 Å². The van der Waals surface area contributed by atoms with Crippen LogP contribution in [0.2, 0.25) is 0 Å². The highest BCUT2D eigenvalue weighted by Gasteiger charge is 2.32. The molecule has 0 radical (unpaired) electrons.